The molecule has 6 heteroatoms. The van der Waals surface area contributed by atoms with Crippen LogP contribution in [0.5, 0.6) is 0 Å². The van der Waals surface area contributed by atoms with Crippen molar-refractivity contribution in [3.63, 3.8) is 0 Å². The minimum atomic E-state index is -0.304. The monoisotopic (exact) mass is 265 g/mol. The van der Waals surface area contributed by atoms with Gasteiger partial charge in [-0.3, -0.25) is 9.59 Å². The van der Waals surface area contributed by atoms with E-state index in [-0.39, 0.29) is 17.2 Å². The summed E-state index contributed by atoms with van der Waals surface area (Å²) in [5.41, 5.74) is -0.0320. The summed E-state index contributed by atoms with van der Waals surface area (Å²) < 4.78 is 5.31. The maximum absolute atomic E-state index is 12.0. The van der Waals surface area contributed by atoms with Crippen molar-refractivity contribution in [2.75, 3.05) is 26.8 Å². The first kappa shape index (κ1) is 13.7. The van der Waals surface area contributed by atoms with Crippen LogP contribution in [0.2, 0.25) is 0 Å². The van der Waals surface area contributed by atoms with E-state index in [1.807, 2.05) is 0 Å². The van der Waals surface area contributed by atoms with E-state index in [1.165, 1.54) is 12.1 Å². The summed E-state index contributed by atoms with van der Waals surface area (Å²) in [6.07, 6.45) is 3.12. The van der Waals surface area contributed by atoms with E-state index in [0.29, 0.717) is 12.5 Å². The average molecular weight is 265 g/mol. The van der Waals surface area contributed by atoms with E-state index in [4.69, 9.17) is 4.74 Å². The Kier molecular flexibility index (Phi) is 4.68. The Morgan fingerprint density at radius 3 is 2.84 bits per heavy atom. The molecule has 1 aromatic rings. The first-order chi connectivity index (χ1) is 9.16. The van der Waals surface area contributed by atoms with Crippen LogP contribution in [0.4, 0.5) is 0 Å². The van der Waals surface area contributed by atoms with Crippen molar-refractivity contribution >= 4 is 5.91 Å². The van der Waals surface area contributed by atoms with E-state index < -0.39 is 0 Å². The molecule has 2 heterocycles. The van der Waals surface area contributed by atoms with Gasteiger partial charge in [-0.25, -0.2) is 5.10 Å². The number of hydrogen-bond donors (Lipinski definition) is 1. The van der Waals surface area contributed by atoms with Gasteiger partial charge in [0.2, 0.25) is 0 Å². The van der Waals surface area contributed by atoms with Crippen LogP contribution < -0.4 is 5.56 Å². The lowest BCUT2D eigenvalue weighted by Gasteiger charge is -2.24. The smallest absolute Gasteiger partial charge is 0.274 e. The van der Waals surface area contributed by atoms with Crippen molar-refractivity contribution in [1.82, 2.24) is 15.1 Å². The van der Waals surface area contributed by atoms with Gasteiger partial charge in [-0.1, -0.05) is 0 Å². The summed E-state index contributed by atoms with van der Waals surface area (Å²) >= 11 is 0. The molecule has 0 unspecified atom stereocenters. The summed E-state index contributed by atoms with van der Waals surface area (Å²) in [7, 11) is 1.76. The second-order valence-electron chi connectivity index (χ2n) is 4.88. The van der Waals surface area contributed by atoms with Gasteiger partial charge in [0.1, 0.15) is 5.69 Å². The van der Waals surface area contributed by atoms with Gasteiger partial charge in [-0.2, -0.15) is 5.10 Å². The molecule has 6 nitrogen and oxygen atoms in total. The molecular weight excluding hydrogens is 246 g/mol. The third kappa shape index (κ3) is 3.89. The number of H-pyrrole nitrogens is 1. The van der Waals surface area contributed by atoms with Crippen molar-refractivity contribution < 1.29 is 9.53 Å². The predicted octanol–water partition coefficient (Wildman–Crippen LogP) is 0.659. The van der Waals surface area contributed by atoms with E-state index in [9.17, 15) is 9.59 Å². The number of rotatable bonds is 4. The molecule has 0 atom stereocenters. The van der Waals surface area contributed by atoms with E-state index in [0.717, 1.165) is 32.5 Å². The Bertz CT molecular complexity index is 460. The van der Waals surface area contributed by atoms with Gasteiger partial charge in [0, 0.05) is 32.9 Å². The molecule has 1 N–H and O–H groups in total. The van der Waals surface area contributed by atoms with E-state index in [1.54, 1.807) is 11.9 Å². The normalized spacial score (nSPS) is 16.3. The topological polar surface area (TPSA) is 75.3 Å². The standard InChI is InChI=1S/C13H19N3O3/c1-16(7-4-10-5-8-19-9-6-10)13(18)11-2-3-12(17)15-14-11/h2-3,10H,4-9H2,1H3,(H,15,17). The molecule has 0 saturated carbocycles. The van der Waals surface area contributed by atoms with Gasteiger partial charge >= 0.3 is 0 Å². The predicted molar refractivity (Wildman–Crippen MR) is 70.0 cm³/mol. The van der Waals surface area contributed by atoms with Gasteiger partial charge in [0.25, 0.3) is 11.5 Å². The van der Waals surface area contributed by atoms with Gasteiger partial charge in [-0.15, -0.1) is 0 Å². The summed E-state index contributed by atoms with van der Waals surface area (Å²) in [4.78, 5) is 24.6. The summed E-state index contributed by atoms with van der Waals surface area (Å²) in [5.74, 6) is 0.468. The Hall–Kier alpha value is -1.69. The molecule has 1 saturated heterocycles. The van der Waals surface area contributed by atoms with Crippen LogP contribution in [-0.2, 0) is 4.74 Å². The van der Waals surface area contributed by atoms with Crippen LogP contribution in [0.3, 0.4) is 0 Å². The molecule has 0 aromatic carbocycles. The third-order valence-corrected chi connectivity index (χ3v) is 3.46. The molecular formula is C13H19N3O3. The highest BCUT2D eigenvalue weighted by molar-refractivity contribution is 5.91. The third-order valence-electron chi connectivity index (χ3n) is 3.46. The van der Waals surface area contributed by atoms with Crippen LogP contribution in [0, 0.1) is 5.92 Å². The molecule has 1 amide bonds. The highest BCUT2D eigenvalue weighted by Crippen LogP contribution is 2.18. The maximum Gasteiger partial charge on any atom is 0.274 e. The number of nitrogens with one attached hydrogen (secondary N) is 1. The fourth-order valence-corrected chi connectivity index (χ4v) is 2.17. The van der Waals surface area contributed by atoms with Crippen molar-refractivity contribution in [1.29, 1.82) is 0 Å². The van der Waals surface area contributed by atoms with Gasteiger partial charge < -0.3 is 9.64 Å². The van der Waals surface area contributed by atoms with Gasteiger partial charge in [-0.05, 0) is 31.2 Å². The lowest BCUT2D eigenvalue weighted by atomic mass is 9.96. The first-order valence-electron chi connectivity index (χ1n) is 6.56. The fraction of sp³-hybridized carbons (Fsp3) is 0.615. The van der Waals surface area contributed by atoms with Gasteiger partial charge in [0.15, 0.2) is 0 Å². The number of ether oxygens (including phenoxy) is 1. The molecule has 1 aliphatic rings. The number of amides is 1. The Morgan fingerprint density at radius 2 is 2.21 bits per heavy atom. The van der Waals surface area contributed by atoms with E-state index in [2.05, 4.69) is 10.2 Å². The maximum atomic E-state index is 12.0. The number of carbonyl (C=O) groups is 1. The number of carbonyl (C=O) groups excluding carboxylic acids is 1. The van der Waals surface area contributed by atoms with Crippen LogP contribution in [-0.4, -0.2) is 47.8 Å². The number of hydrogen-bond acceptors (Lipinski definition) is 4. The van der Waals surface area contributed by atoms with Crippen LogP contribution in [0.15, 0.2) is 16.9 Å². The molecule has 0 bridgehead atoms. The van der Waals surface area contributed by atoms with Crippen molar-refractivity contribution in [3.8, 4) is 0 Å². The molecule has 19 heavy (non-hydrogen) atoms. The minimum absolute atomic E-state index is 0.164. The molecule has 104 valence electrons. The second kappa shape index (κ2) is 6.47. The lowest BCUT2D eigenvalue weighted by molar-refractivity contribution is 0.0582. The van der Waals surface area contributed by atoms with E-state index >= 15 is 0 Å². The molecule has 1 fully saturated rings. The largest absolute Gasteiger partial charge is 0.381 e. The number of aromatic amines is 1. The molecule has 0 spiro atoms. The Morgan fingerprint density at radius 1 is 1.47 bits per heavy atom. The number of aromatic nitrogens is 2. The first-order valence-corrected chi connectivity index (χ1v) is 6.56. The molecule has 1 aliphatic heterocycles. The Labute approximate surface area is 111 Å². The summed E-state index contributed by atoms with van der Waals surface area (Å²) in [6.45, 7) is 2.35. The molecule has 1 aromatic heterocycles. The highest BCUT2D eigenvalue weighted by atomic mass is 16.5. The summed E-state index contributed by atoms with van der Waals surface area (Å²) in [5, 5.41) is 6.02. The average Bonchev–Trinajstić information content (AvgIpc) is 2.46. The fourth-order valence-electron chi connectivity index (χ4n) is 2.17. The van der Waals surface area contributed by atoms with Crippen LogP contribution in [0.1, 0.15) is 29.8 Å². The molecule has 0 radical (unpaired) electrons. The SMILES string of the molecule is CN(CCC1CCOCC1)C(=O)c1ccc(=O)[nH]n1. The minimum Gasteiger partial charge on any atom is -0.381 e. The van der Waals surface area contributed by atoms with Crippen LogP contribution >= 0.6 is 0 Å². The van der Waals surface area contributed by atoms with Crippen molar-refractivity contribution in [2.24, 2.45) is 5.92 Å². The van der Waals surface area contributed by atoms with Crippen molar-refractivity contribution in [3.05, 3.63) is 28.2 Å². The zero-order valence-electron chi connectivity index (χ0n) is 11.1. The quantitative estimate of drug-likeness (QED) is 0.867. The van der Waals surface area contributed by atoms with Crippen LogP contribution in [0.25, 0.3) is 0 Å². The lowest BCUT2D eigenvalue weighted by Crippen LogP contribution is -2.31. The molecule has 0 aliphatic carbocycles. The Balaban J connectivity index is 1.84. The number of nitrogens with zero attached hydrogens (tertiary/aromatic N) is 2. The second-order valence-corrected chi connectivity index (χ2v) is 4.88. The zero-order valence-corrected chi connectivity index (χ0v) is 11.1. The van der Waals surface area contributed by atoms with Gasteiger partial charge in [0.05, 0.1) is 0 Å². The highest BCUT2D eigenvalue weighted by Gasteiger charge is 2.17. The summed E-state index contributed by atoms with van der Waals surface area (Å²) in [6, 6.07) is 2.76. The molecule has 2 rings (SSSR count). The zero-order chi connectivity index (χ0) is 13.7. The van der Waals surface area contributed by atoms with Crippen molar-refractivity contribution in [2.45, 2.75) is 19.3 Å².